The van der Waals surface area contributed by atoms with Gasteiger partial charge in [0.25, 0.3) is 0 Å². The zero-order valence-corrected chi connectivity index (χ0v) is 6.68. The topological polar surface area (TPSA) is 12.4 Å². The Kier molecular flexibility index (Phi) is 4.02. The van der Waals surface area contributed by atoms with Crippen LogP contribution in [0.1, 0.15) is 20.8 Å². The molecule has 0 radical (unpaired) electrons. The van der Waals surface area contributed by atoms with Gasteiger partial charge in [-0.2, -0.15) is 0 Å². The third-order valence-electron chi connectivity index (χ3n) is 1.40. The number of rotatable bonds is 2. The lowest BCUT2D eigenvalue weighted by Gasteiger charge is -2.00. The van der Waals surface area contributed by atoms with Crippen LogP contribution < -0.4 is 0 Å². The summed E-state index contributed by atoms with van der Waals surface area (Å²) in [6.07, 6.45) is 3.88. The Morgan fingerprint density at radius 3 is 2.33 bits per heavy atom. The van der Waals surface area contributed by atoms with Crippen LogP contribution in [0.15, 0.2) is 16.6 Å². The van der Waals surface area contributed by atoms with Crippen LogP contribution in [0.2, 0.25) is 0 Å². The van der Waals surface area contributed by atoms with Gasteiger partial charge in [-0.25, -0.2) is 0 Å². The third-order valence-corrected chi connectivity index (χ3v) is 1.40. The molecule has 0 saturated heterocycles. The summed E-state index contributed by atoms with van der Waals surface area (Å²) in [6, 6.07) is 0. The van der Waals surface area contributed by atoms with E-state index in [2.05, 4.69) is 25.8 Å². The average molecular weight is 125 g/mol. The molecule has 0 aromatic heterocycles. The number of allylic oxidation sites excluding steroid dienone is 2. The summed E-state index contributed by atoms with van der Waals surface area (Å²) in [7, 11) is 1.78. The summed E-state index contributed by atoms with van der Waals surface area (Å²) < 4.78 is 0. The SMILES string of the molecule is CN=CC=C(C)C(C)C. The van der Waals surface area contributed by atoms with Crippen LogP contribution in [0, 0.1) is 5.92 Å². The number of hydrogen-bond acceptors (Lipinski definition) is 1. The van der Waals surface area contributed by atoms with E-state index in [1.165, 1.54) is 5.57 Å². The molecular weight excluding hydrogens is 110 g/mol. The summed E-state index contributed by atoms with van der Waals surface area (Å²) in [6.45, 7) is 6.47. The lowest BCUT2D eigenvalue weighted by atomic mass is 10.1. The molecule has 1 heteroatoms. The molecule has 0 spiro atoms. The molecule has 0 aliphatic rings. The predicted octanol–water partition coefficient (Wildman–Crippen LogP) is 2.29. The maximum atomic E-state index is 3.86. The van der Waals surface area contributed by atoms with E-state index in [-0.39, 0.29) is 0 Å². The smallest absolute Gasteiger partial charge is 0.0277 e. The minimum absolute atomic E-state index is 0.642. The second-order valence-electron chi connectivity index (χ2n) is 2.47. The minimum atomic E-state index is 0.642. The molecule has 0 saturated carbocycles. The van der Waals surface area contributed by atoms with Gasteiger partial charge in [0.2, 0.25) is 0 Å². The fourth-order valence-corrected chi connectivity index (χ4v) is 0.385. The first-order chi connectivity index (χ1) is 4.18. The van der Waals surface area contributed by atoms with Gasteiger partial charge in [-0.05, 0) is 18.9 Å². The maximum absolute atomic E-state index is 3.86. The Labute approximate surface area is 57.5 Å². The highest BCUT2D eigenvalue weighted by Crippen LogP contribution is 2.05. The first kappa shape index (κ1) is 8.41. The minimum Gasteiger partial charge on any atom is -0.297 e. The van der Waals surface area contributed by atoms with Gasteiger partial charge < -0.3 is 0 Å². The quantitative estimate of drug-likeness (QED) is 0.502. The molecule has 0 aliphatic carbocycles. The number of nitrogens with zero attached hydrogens (tertiary/aromatic N) is 1. The highest BCUT2D eigenvalue weighted by Gasteiger charge is 1.91. The highest BCUT2D eigenvalue weighted by atomic mass is 14.6. The van der Waals surface area contributed by atoms with Crippen LogP contribution in [-0.2, 0) is 0 Å². The standard InChI is InChI=1S/C8H15N/c1-7(2)8(3)5-6-9-4/h5-7H,1-4H3. The lowest BCUT2D eigenvalue weighted by molar-refractivity contribution is 0.771. The average Bonchev–Trinajstić information content (AvgIpc) is 1.82. The van der Waals surface area contributed by atoms with E-state index in [1.54, 1.807) is 7.05 Å². The number of hydrogen-bond donors (Lipinski definition) is 0. The first-order valence-corrected chi connectivity index (χ1v) is 3.27. The van der Waals surface area contributed by atoms with Gasteiger partial charge in [0, 0.05) is 13.3 Å². The Morgan fingerprint density at radius 1 is 1.44 bits per heavy atom. The molecule has 0 aliphatic heterocycles. The molecule has 0 unspecified atom stereocenters. The largest absolute Gasteiger partial charge is 0.297 e. The summed E-state index contributed by atoms with van der Waals surface area (Å²) >= 11 is 0. The molecular formula is C8H15N. The van der Waals surface area contributed by atoms with Crippen LogP contribution in [0.3, 0.4) is 0 Å². The molecule has 9 heavy (non-hydrogen) atoms. The van der Waals surface area contributed by atoms with Gasteiger partial charge in [0.15, 0.2) is 0 Å². The highest BCUT2D eigenvalue weighted by molar-refractivity contribution is 5.71. The molecule has 0 rings (SSSR count). The van der Waals surface area contributed by atoms with Crippen LogP contribution in [-0.4, -0.2) is 13.3 Å². The molecule has 0 aromatic rings. The second kappa shape index (κ2) is 4.30. The van der Waals surface area contributed by atoms with E-state index in [0.717, 1.165) is 0 Å². The normalized spacial score (nSPS) is 13.7. The Bertz CT molecular complexity index is 121. The third kappa shape index (κ3) is 3.95. The van der Waals surface area contributed by atoms with Gasteiger partial charge in [0.1, 0.15) is 0 Å². The predicted molar refractivity (Wildman–Crippen MR) is 43.0 cm³/mol. The molecule has 0 bridgehead atoms. The van der Waals surface area contributed by atoms with Crippen molar-refractivity contribution in [3.05, 3.63) is 11.6 Å². The molecule has 0 heterocycles. The van der Waals surface area contributed by atoms with Crippen molar-refractivity contribution in [2.45, 2.75) is 20.8 Å². The van der Waals surface area contributed by atoms with Crippen molar-refractivity contribution in [1.29, 1.82) is 0 Å². The van der Waals surface area contributed by atoms with Crippen molar-refractivity contribution in [2.24, 2.45) is 10.9 Å². The summed E-state index contributed by atoms with van der Waals surface area (Å²) in [4.78, 5) is 3.86. The molecule has 0 fully saturated rings. The molecule has 52 valence electrons. The van der Waals surface area contributed by atoms with Crippen molar-refractivity contribution in [2.75, 3.05) is 7.05 Å². The van der Waals surface area contributed by atoms with Gasteiger partial charge in [-0.1, -0.05) is 19.4 Å². The summed E-state index contributed by atoms with van der Waals surface area (Å²) in [5, 5.41) is 0. The van der Waals surface area contributed by atoms with Crippen molar-refractivity contribution in [3.8, 4) is 0 Å². The zero-order valence-electron chi connectivity index (χ0n) is 6.68. The van der Waals surface area contributed by atoms with Crippen LogP contribution in [0.4, 0.5) is 0 Å². The van der Waals surface area contributed by atoms with E-state index in [9.17, 15) is 0 Å². The monoisotopic (exact) mass is 125 g/mol. The zero-order chi connectivity index (χ0) is 7.28. The van der Waals surface area contributed by atoms with Crippen molar-refractivity contribution in [1.82, 2.24) is 0 Å². The molecule has 0 aromatic carbocycles. The van der Waals surface area contributed by atoms with E-state index in [4.69, 9.17) is 0 Å². The summed E-state index contributed by atoms with van der Waals surface area (Å²) in [5.74, 6) is 0.642. The van der Waals surface area contributed by atoms with Crippen LogP contribution in [0.25, 0.3) is 0 Å². The van der Waals surface area contributed by atoms with E-state index < -0.39 is 0 Å². The van der Waals surface area contributed by atoms with Crippen LogP contribution >= 0.6 is 0 Å². The molecule has 0 amide bonds. The van der Waals surface area contributed by atoms with Gasteiger partial charge in [0.05, 0.1) is 0 Å². The van der Waals surface area contributed by atoms with E-state index >= 15 is 0 Å². The Hall–Kier alpha value is -0.590. The van der Waals surface area contributed by atoms with Crippen molar-refractivity contribution < 1.29 is 0 Å². The maximum Gasteiger partial charge on any atom is 0.0277 e. The van der Waals surface area contributed by atoms with Gasteiger partial charge >= 0.3 is 0 Å². The van der Waals surface area contributed by atoms with Crippen LogP contribution in [0.5, 0.6) is 0 Å². The Morgan fingerprint density at radius 2 is 2.00 bits per heavy atom. The first-order valence-electron chi connectivity index (χ1n) is 3.27. The fraction of sp³-hybridized carbons (Fsp3) is 0.625. The van der Waals surface area contributed by atoms with Gasteiger partial charge in [-0.3, -0.25) is 4.99 Å². The molecule has 0 N–H and O–H groups in total. The number of aliphatic imine (C=N–C) groups is 1. The van der Waals surface area contributed by atoms with E-state index in [1.807, 2.05) is 12.3 Å². The second-order valence-corrected chi connectivity index (χ2v) is 2.47. The molecule has 0 atom stereocenters. The van der Waals surface area contributed by atoms with Gasteiger partial charge in [-0.15, -0.1) is 0 Å². The van der Waals surface area contributed by atoms with Crippen molar-refractivity contribution in [3.63, 3.8) is 0 Å². The summed E-state index contributed by atoms with van der Waals surface area (Å²) in [5.41, 5.74) is 1.38. The molecule has 1 nitrogen and oxygen atoms in total. The fourth-order valence-electron chi connectivity index (χ4n) is 0.385. The van der Waals surface area contributed by atoms with Crippen molar-refractivity contribution >= 4 is 6.21 Å². The van der Waals surface area contributed by atoms with E-state index in [0.29, 0.717) is 5.92 Å². The Balaban J connectivity index is 3.84. The lowest BCUT2D eigenvalue weighted by Crippen LogP contribution is -1.87.